The maximum Gasteiger partial charge on any atom is 0.219 e. The molecule has 1 aromatic rings. The molecule has 0 N–H and O–H groups in total. The van der Waals surface area contributed by atoms with Crippen molar-refractivity contribution in [1.29, 1.82) is 5.26 Å². The molecule has 102 valence electrons. The number of benzene rings is 1. The van der Waals surface area contributed by atoms with Crippen LogP contribution >= 0.6 is 0 Å². The van der Waals surface area contributed by atoms with Gasteiger partial charge in [0.25, 0.3) is 0 Å². The van der Waals surface area contributed by atoms with Gasteiger partial charge in [0.1, 0.15) is 6.54 Å². The zero-order valence-corrected chi connectivity index (χ0v) is 11.6. The third kappa shape index (κ3) is 3.55. The van der Waals surface area contributed by atoms with Crippen molar-refractivity contribution in [3.8, 4) is 6.07 Å². The highest BCUT2D eigenvalue weighted by Crippen LogP contribution is 2.26. The molecule has 0 aliphatic heterocycles. The fraction of sp³-hybridized carbons (Fsp3) is 0.500. The molecule has 0 saturated heterocycles. The highest BCUT2D eigenvalue weighted by atomic mass is 32.2. The van der Waals surface area contributed by atoms with E-state index in [2.05, 4.69) is 0 Å². The van der Waals surface area contributed by atoms with E-state index in [1.54, 1.807) is 12.1 Å². The monoisotopic (exact) mass is 278 g/mol. The second-order valence-corrected chi connectivity index (χ2v) is 6.80. The predicted octanol–water partition coefficient (Wildman–Crippen LogP) is 2.28. The maximum absolute atomic E-state index is 12.5. The van der Waals surface area contributed by atoms with Gasteiger partial charge >= 0.3 is 0 Å². The molecule has 1 saturated carbocycles. The number of nitrogens with zero attached hydrogens (tertiary/aromatic N) is 2. The summed E-state index contributed by atoms with van der Waals surface area (Å²) in [5.41, 5.74) is 0.767. The minimum Gasteiger partial charge on any atom is -0.212 e. The Labute approximate surface area is 114 Å². The van der Waals surface area contributed by atoms with Crippen LogP contribution in [0.15, 0.2) is 30.3 Å². The summed E-state index contributed by atoms with van der Waals surface area (Å²) in [4.78, 5) is 0. The average molecular weight is 278 g/mol. The molecule has 1 aliphatic carbocycles. The van der Waals surface area contributed by atoms with Gasteiger partial charge in [-0.25, -0.2) is 8.42 Å². The lowest BCUT2D eigenvalue weighted by molar-refractivity contribution is 0.349. The number of hydrogen-bond acceptors (Lipinski definition) is 3. The van der Waals surface area contributed by atoms with Gasteiger partial charge in [-0.15, -0.1) is 0 Å². The Morgan fingerprint density at radius 2 is 1.84 bits per heavy atom. The fourth-order valence-corrected chi connectivity index (χ4v) is 4.28. The Bertz CT molecular complexity index is 543. The minimum absolute atomic E-state index is 0.00774. The second kappa shape index (κ2) is 6.18. The zero-order chi connectivity index (χ0) is 13.7. The smallest absolute Gasteiger partial charge is 0.212 e. The molecule has 1 fully saturated rings. The molecule has 0 radical (unpaired) electrons. The van der Waals surface area contributed by atoms with Crippen molar-refractivity contribution in [1.82, 2.24) is 4.31 Å². The number of rotatable bonds is 5. The van der Waals surface area contributed by atoms with Crippen LogP contribution in [0.4, 0.5) is 0 Å². The topological polar surface area (TPSA) is 61.2 Å². The van der Waals surface area contributed by atoms with Crippen molar-refractivity contribution in [2.24, 2.45) is 0 Å². The van der Waals surface area contributed by atoms with Crippen molar-refractivity contribution in [3.63, 3.8) is 0 Å². The van der Waals surface area contributed by atoms with Crippen LogP contribution in [0.25, 0.3) is 0 Å². The summed E-state index contributed by atoms with van der Waals surface area (Å²) in [6.45, 7) is -0.0418. The Morgan fingerprint density at radius 3 is 2.42 bits per heavy atom. The molecule has 0 bridgehead atoms. The highest BCUT2D eigenvalue weighted by Gasteiger charge is 2.31. The van der Waals surface area contributed by atoms with Crippen LogP contribution in [0, 0.1) is 11.3 Å². The molecule has 4 nitrogen and oxygen atoms in total. The van der Waals surface area contributed by atoms with Crippen molar-refractivity contribution >= 4 is 10.0 Å². The lowest BCUT2D eigenvalue weighted by Crippen LogP contribution is -2.39. The quantitative estimate of drug-likeness (QED) is 0.776. The molecule has 19 heavy (non-hydrogen) atoms. The van der Waals surface area contributed by atoms with Gasteiger partial charge in [0.2, 0.25) is 10.0 Å². The van der Waals surface area contributed by atoms with E-state index in [0.717, 1.165) is 31.2 Å². The van der Waals surface area contributed by atoms with Crippen molar-refractivity contribution in [2.45, 2.75) is 37.5 Å². The average Bonchev–Trinajstić information content (AvgIpc) is 2.90. The van der Waals surface area contributed by atoms with Gasteiger partial charge in [-0.3, -0.25) is 0 Å². The van der Waals surface area contributed by atoms with Crippen molar-refractivity contribution < 1.29 is 8.42 Å². The molecular weight excluding hydrogens is 260 g/mol. The van der Waals surface area contributed by atoms with Crippen LogP contribution in [0.2, 0.25) is 0 Å². The first-order chi connectivity index (χ1) is 9.13. The van der Waals surface area contributed by atoms with E-state index in [-0.39, 0.29) is 18.3 Å². The molecule has 1 aromatic carbocycles. The Kier molecular flexibility index (Phi) is 4.56. The van der Waals surface area contributed by atoms with Gasteiger partial charge in [0, 0.05) is 6.04 Å². The Morgan fingerprint density at radius 1 is 1.21 bits per heavy atom. The first-order valence-corrected chi connectivity index (χ1v) is 8.15. The fourth-order valence-electron chi connectivity index (χ4n) is 2.58. The van der Waals surface area contributed by atoms with Crippen LogP contribution in [-0.4, -0.2) is 25.3 Å². The molecule has 0 atom stereocenters. The summed E-state index contributed by atoms with van der Waals surface area (Å²) >= 11 is 0. The van der Waals surface area contributed by atoms with E-state index in [9.17, 15) is 8.42 Å². The summed E-state index contributed by atoms with van der Waals surface area (Å²) in [6.07, 6.45) is 3.84. The first kappa shape index (κ1) is 14.0. The summed E-state index contributed by atoms with van der Waals surface area (Å²) < 4.78 is 26.3. The molecule has 0 heterocycles. The first-order valence-electron chi connectivity index (χ1n) is 6.54. The molecule has 1 aliphatic rings. The lowest BCUT2D eigenvalue weighted by atomic mass is 10.2. The standard InChI is InChI=1S/C14H18N2O2S/c15-10-11-16(14-8-4-5-9-14)19(17,18)12-13-6-2-1-3-7-13/h1-3,6-7,14H,4-5,8-9,11-12H2. The van der Waals surface area contributed by atoms with E-state index >= 15 is 0 Å². The second-order valence-electron chi connectivity index (χ2n) is 4.88. The molecule has 0 spiro atoms. The number of nitriles is 1. The molecule has 0 aromatic heterocycles. The molecular formula is C14H18N2O2S. The van der Waals surface area contributed by atoms with E-state index < -0.39 is 10.0 Å². The predicted molar refractivity (Wildman–Crippen MR) is 73.6 cm³/mol. The Balaban J connectivity index is 2.17. The summed E-state index contributed by atoms with van der Waals surface area (Å²) in [6, 6.07) is 11.1. The summed E-state index contributed by atoms with van der Waals surface area (Å²) in [5.74, 6) is -0.0218. The molecule has 2 rings (SSSR count). The number of hydrogen-bond donors (Lipinski definition) is 0. The van der Waals surface area contributed by atoms with Crippen LogP contribution < -0.4 is 0 Å². The van der Waals surface area contributed by atoms with Gasteiger partial charge < -0.3 is 0 Å². The van der Waals surface area contributed by atoms with Crippen LogP contribution in [0.3, 0.4) is 0 Å². The molecule has 0 amide bonds. The van der Waals surface area contributed by atoms with E-state index in [0.29, 0.717) is 0 Å². The van der Waals surface area contributed by atoms with Gasteiger partial charge in [-0.05, 0) is 18.4 Å². The lowest BCUT2D eigenvalue weighted by Gasteiger charge is -2.25. The van der Waals surface area contributed by atoms with Gasteiger partial charge in [0.05, 0.1) is 11.8 Å². The third-order valence-corrected chi connectivity index (χ3v) is 5.35. The minimum atomic E-state index is -3.41. The number of sulfonamides is 1. The van der Waals surface area contributed by atoms with Crippen LogP contribution in [0.1, 0.15) is 31.2 Å². The van der Waals surface area contributed by atoms with E-state index in [1.807, 2.05) is 24.3 Å². The largest absolute Gasteiger partial charge is 0.219 e. The normalized spacial score (nSPS) is 16.6. The van der Waals surface area contributed by atoms with Crippen LogP contribution in [0.5, 0.6) is 0 Å². The van der Waals surface area contributed by atoms with E-state index in [1.165, 1.54) is 4.31 Å². The van der Waals surface area contributed by atoms with Gasteiger partial charge in [-0.2, -0.15) is 9.57 Å². The third-order valence-electron chi connectivity index (χ3n) is 3.51. The molecule has 0 unspecified atom stereocenters. The molecule has 5 heteroatoms. The van der Waals surface area contributed by atoms with Crippen LogP contribution in [-0.2, 0) is 15.8 Å². The summed E-state index contributed by atoms with van der Waals surface area (Å²) in [7, 11) is -3.41. The van der Waals surface area contributed by atoms with Crippen molar-refractivity contribution in [2.75, 3.05) is 6.54 Å². The summed E-state index contributed by atoms with van der Waals surface area (Å²) in [5, 5.41) is 8.87. The Hall–Kier alpha value is -1.38. The van der Waals surface area contributed by atoms with Gasteiger partial charge in [-0.1, -0.05) is 43.2 Å². The van der Waals surface area contributed by atoms with Crippen molar-refractivity contribution in [3.05, 3.63) is 35.9 Å². The zero-order valence-electron chi connectivity index (χ0n) is 10.8. The van der Waals surface area contributed by atoms with E-state index in [4.69, 9.17) is 5.26 Å². The highest BCUT2D eigenvalue weighted by molar-refractivity contribution is 7.88. The SMILES string of the molecule is N#CCN(C1CCCC1)S(=O)(=O)Cc1ccccc1. The van der Waals surface area contributed by atoms with Gasteiger partial charge in [0.15, 0.2) is 0 Å². The maximum atomic E-state index is 12.5.